The van der Waals surface area contributed by atoms with Gasteiger partial charge in [-0.05, 0) is 101 Å². The number of nitrogens with one attached hydrogen (secondary N) is 1. The van der Waals surface area contributed by atoms with E-state index >= 15 is 0 Å². The molecule has 0 radical (unpaired) electrons. The van der Waals surface area contributed by atoms with Crippen molar-refractivity contribution in [3.05, 3.63) is 118 Å². The van der Waals surface area contributed by atoms with E-state index in [1.54, 1.807) is 73.7 Å². The fourth-order valence-corrected chi connectivity index (χ4v) is 6.44. The van der Waals surface area contributed by atoms with E-state index in [0.29, 0.717) is 27.1 Å². The Hall–Kier alpha value is -4.05. The van der Waals surface area contributed by atoms with Crippen molar-refractivity contribution in [2.75, 3.05) is 10.8 Å². The third-order valence-electron chi connectivity index (χ3n) is 7.01. The predicted molar refractivity (Wildman–Crippen MR) is 183 cm³/mol. The van der Waals surface area contributed by atoms with E-state index in [1.165, 1.54) is 17.0 Å². The summed E-state index contributed by atoms with van der Waals surface area (Å²) in [4.78, 5) is 28.9. The molecule has 0 aliphatic heterocycles. The molecule has 1 N–H and O–H groups in total. The van der Waals surface area contributed by atoms with Crippen LogP contribution in [-0.4, -0.2) is 43.3 Å². The first-order valence-corrected chi connectivity index (χ1v) is 16.8. The maximum atomic E-state index is 14.2. The first-order valence-electron chi connectivity index (χ1n) is 14.6. The number of halogens is 2. The van der Waals surface area contributed by atoms with Crippen molar-refractivity contribution in [1.82, 2.24) is 10.2 Å². The van der Waals surface area contributed by atoms with Gasteiger partial charge in [0.25, 0.3) is 10.0 Å². The summed E-state index contributed by atoms with van der Waals surface area (Å²) in [5.74, 6) is 0.0955. The minimum absolute atomic E-state index is 0.0151. The van der Waals surface area contributed by atoms with Crippen molar-refractivity contribution in [3.63, 3.8) is 0 Å². The molecule has 4 rings (SSSR count). The van der Waals surface area contributed by atoms with Crippen LogP contribution in [0.15, 0.2) is 102 Å². The van der Waals surface area contributed by atoms with Gasteiger partial charge >= 0.3 is 0 Å². The quantitative estimate of drug-likeness (QED) is 0.176. The molecule has 2 amide bonds. The summed E-state index contributed by atoms with van der Waals surface area (Å²) in [7, 11) is -4.23. The number of anilines is 1. The molecule has 0 spiro atoms. The molecule has 11 heteroatoms. The summed E-state index contributed by atoms with van der Waals surface area (Å²) < 4.78 is 35.2. The molecule has 4 aromatic carbocycles. The second-order valence-electron chi connectivity index (χ2n) is 11.9. The first kappa shape index (κ1) is 34.8. The molecule has 242 valence electrons. The molecule has 0 aromatic heterocycles. The maximum absolute atomic E-state index is 14.2. The van der Waals surface area contributed by atoms with Gasteiger partial charge in [0.15, 0.2) is 0 Å². The molecule has 1 atom stereocenters. The zero-order chi connectivity index (χ0) is 33.6. The van der Waals surface area contributed by atoms with Crippen molar-refractivity contribution in [1.29, 1.82) is 0 Å². The molecule has 0 saturated heterocycles. The molecule has 0 saturated carbocycles. The van der Waals surface area contributed by atoms with Crippen LogP contribution in [0.3, 0.4) is 0 Å². The van der Waals surface area contributed by atoms with Crippen LogP contribution in [0.5, 0.6) is 11.5 Å². The van der Waals surface area contributed by atoms with E-state index in [1.807, 2.05) is 45.9 Å². The monoisotopic (exact) mass is 681 g/mol. The summed E-state index contributed by atoms with van der Waals surface area (Å²) in [6, 6.07) is 25.9. The summed E-state index contributed by atoms with van der Waals surface area (Å²) >= 11 is 12.6. The Kier molecular flexibility index (Phi) is 11.0. The van der Waals surface area contributed by atoms with Gasteiger partial charge in [-0.3, -0.25) is 13.9 Å². The molecular formula is C35H37Cl2N3O5S. The number of hydrogen-bond acceptors (Lipinski definition) is 5. The first-order chi connectivity index (χ1) is 21.6. The number of amides is 2. The fraction of sp³-hybridized carbons (Fsp3) is 0.257. The Morgan fingerprint density at radius 3 is 2.07 bits per heavy atom. The highest BCUT2D eigenvalue weighted by atomic mass is 35.5. The standard InChI is InChI=1S/C35H37Cl2N3O5S/c1-24-11-19-31(20-12-24)46(43,44)40(28-15-17-30(18-16-28)45-29-9-7-6-8-10-29)23-33(41)39(25(2)34(42)38-35(3,4)5)22-26-13-14-27(36)21-32(26)37/h6-21,25H,22-23H2,1-5H3,(H,38,42). The fourth-order valence-electron chi connectivity index (χ4n) is 4.56. The van der Waals surface area contributed by atoms with Crippen LogP contribution in [0.4, 0.5) is 5.69 Å². The number of ether oxygens (including phenoxy) is 1. The van der Waals surface area contributed by atoms with E-state index in [2.05, 4.69) is 5.32 Å². The molecule has 8 nitrogen and oxygen atoms in total. The number of hydrogen-bond donors (Lipinski definition) is 1. The normalized spacial score (nSPS) is 12.2. The second kappa shape index (κ2) is 14.6. The van der Waals surface area contributed by atoms with Gasteiger partial charge in [-0.25, -0.2) is 8.42 Å². The number of benzene rings is 4. The number of nitrogens with zero attached hydrogens (tertiary/aromatic N) is 2. The third kappa shape index (κ3) is 9.02. The summed E-state index contributed by atoms with van der Waals surface area (Å²) in [5, 5.41) is 3.63. The zero-order valence-electron chi connectivity index (χ0n) is 26.3. The van der Waals surface area contributed by atoms with Crippen molar-refractivity contribution in [2.45, 2.75) is 57.6 Å². The summed E-state index contributed by atoms with van der Waals surface area (Å²) in [6.07, 6.45) is 0. The van der Waals surface area contributed by atoms with E-state index in [-0.39, 0.29) is 17.1 Å². The Balaban J connectivity index is 1.73. The topological polar surface area (TPSA) is 96.0 Å². The van der Waals surface area contributed by atoms with E-state index in [0.717, 1.165) is 9.87 Å². The molecule has 0 fully saturated rings. The lowest BCUT2D eigenvalue weighted by Crippen LogP contribution is -2.54. The average molecular weight is 683 g/mol. The van der Waals surface area contributed by atoms with Gasteiger partial charge in [-0.15, -0.1) is 0 Å². The van der Waals surface area contributed by atoms with E-state index in [9.17, 15) is 18.0 Å². The van der Waals surface area contributed by atoms with E-state index in [4.69, 9.17) is 27.9 Å². The highest BCUT2D eigenvalue weighted by Crippen LogP contribution is 2.29. The van der Waals surface area contributed by atoms with Crippen molar-refractivity contribution in [2.24, 2.45) is 0 Å². The molecule has 46 heavy (non-hydrogen) atoms. The van der Waals surface area contributed by atoms with Crippen LogP contribution in [0.1, 0.15) is 38.8 Å². The highest BCUT2D eigenvalue weighted by molar-refractivity contribution is 7.92. The lowest BCUT2D eigenvalue weighted by atomic mass is 10.1. The molecule has 0 bridgehead atoms. The Bertz CT molecular complexity index is 1780. The molecular weight excluding hydrogens is 645 g/mol. The van der Waals surface area contributed by atoms with Crippen molar-refractivity contribution >= 4 is 50.7 Å². The average Bonchev–Trinajstić information content (AvgIpc) is 2.99. The minimum atomic E-state index is -4.23. The molecule has 0 aliphatic rings. The van der Waals surface area contributed by atoms with Gasteiger partial charge in [-0.2, -0.15) is 0 Å². The van der Waals surface area contributed by atoms with Crippen LogP contribution in [-0.2, 0) is 26.2 Å². The van der Waals surface area contributed by atoms with Crippen molar-refractivity contribution in [3.8, 4) is 11.5 Å². The van der Waals surface area contributed by atoms with Gasteiger partial charge in [0, 0.05) is 22.1 Å². The van der Waals surface area contributed by atoms with Crippen LogP contribution in [0, 0.1) is 6.92 Å². The molecule has 0 heterocycles. The molecule has 4 aromatic rings. The summed E-state index contributed by atoms with van der Waals surface area (Å²) in [5.41, 5.74) is 1.10. The van der Waals surface area contributed by atoms with Crippen molar-refractivity contribution < 1.29 is 22.7 Å². The summed E-state index contributed by atoms with van der Waals surface area (Å²) in [6.45, 7) is 8.30. The predicted octanol–water partition coefficient (Wildman–Crippen LogP) is 7.62. The Morgan fingerprint density at radius 2 is 1.48 bits per heavy atom. The lowest BCUT2D eigenvalue weighted by molar-refractivity contribution is -0.140. The van der Waals surface area contributed by atoms with Gasteiger partial charge in [-0.1, -0.05) is 65.2 Å². The lowest BCUT2D eigenvalue weighted by Gasteiger charge is -2.33. The number of para-hydroxylation sites is 1. The zero-order valence-corrected chi connectivity index (χ0v) is 28.7. The largest absolute Gasteiger partial charge is 0.457 e. The molecule has 1 unspecified atom stereocenters. The maximum Gasteiger partial charge on any atom is 0.264 e. The second-order valence-corrected chi connectivity index (χ2v) is 14.6. The van der Waals surface area contributed by atoms with E-state index < -0.39 is 40.0 Å². The van der Waals surface area contributed by atoms with Gasteiger partial charge in [0.1, 0.15) is 24.1 Å². The van der Waals surface area contributed by atoms with Gasteiger partial charge < -0.3 is 15.0 Å². The highest BCUT2D eigenvalue weighted by Gasteiger charge is 2.33. The van der Waals surface area contributed by atoms with Gasteiger partial charge in [0.2, 0.25) is 11.8 Å². The number of sulfonamides is 1. The van der Waals surface area contributed by atoms with Gasteiger partial charge in [0.05, 0.1) is 10.6 Å². The molecule has 0 aliphatic carbocycles. The Labute approximate surface area is 280 Å². The van der Waals surface area contributed by atoms with Crippen LogP contribution in [0.25, 0.3) is 0 Å². The SMILES string of the molecule is Cc1ccc(S(=O)(=O)N(CC(=O)N(Cc2ccc(Cl)cc2Cl)C(C)C(=O)NC(C)(C)C)c2ccc(Oc3ccccc3)cc2)cc1. The minimum Gasteiger partial charge on any atom is -0.457 e. The number of aryl methyl sites for hydroxylation is 1. The van der Waals surface area contributed by atoms with Crippen LogP contribution >= 0.6 is 23.2 Å². The van der Waals surface area contributed by atoms with Crippen LogP contribution in [0.2, 0.25) is 10.0 Å². The third-order valence-corrected chi connectivity index (χ3v) is 9.39. The number of carbonyl (C=O) groups excluding carboxylic acids is 2. The number of carbonyl (C=O) groups is 2. The smallest absolute Gasteiger partial charge is 0.264 e. The van der Waals surface area contributed by atoms with Crippen LogP contribution < -0.4 is 14.4 Å². The Morgan fingerprint density at radius 1 is 0.870 bits per heavy atom. The number of rotatable bonds is 11.